The Labute approximate surface area is 121 Å². The minimum atomic E-state index is -0.838. The normalized spacial score (nSPS) is 13.6. The van der Waals surface area contributed by atoms with Crippen molar-refractivity contribution in [3.05, 3.63) is 0 Å². The van der Waals surface area contributed by atoms with E-state index >= 15 is 0 Å². The van der Waals surface area contributed by atoms with Crippen LogP contribution in [0.4, 0.5) is 0 Å². The molecule has 1 atom stereocenters. The summed E-state index contributed by atoms with van der Waals surface area (Å²) in [7, 11) is 1.27. The van der Waals surface area contributed by atoms with Crippen LogP contribution in [0.1, 0.15) is 41.0 Å². The molecule has 0 amide bonds. The number of rotatable bonds is 5. The Balaban J connectivity index is 4.48. The molecule has 5 nitrogen and oxygen atoms in total. The van der Waals surface area contributed by atoms with Gasteiger partial charge in [0.25, 0.3) is 0 Å². The van der Waals surface area contributed by atoms with Crippen LogP contribution in [0.15, 0.2) is 0 Å². The zero-order valence-corrected chi connectivity index (χ0v) is 13.5. The number of aliphatic hydroxyl groups is 1. The summed E-state index contributed by atoms with van der Waals surface area (Å²) in [6.07, 6.45) is 0.907. The van der Waals surface area contributed by atoms with Crippen LogP contribution in [0, 0.1) is 5.41 Å². The molecule has 0 aromatic heterocycles. The van der Waals surface area contributed by atoms with Crippen LogP contribution in [-0.2, 0) is 9.53 Å². The third-order valence-electron chi connectivity index (χ3n) is 2.40. The topological polar surface area (TPSA) is 70.6 Å². The van der Waals surface area contributed by atoms with E-state index in [2.05, 4.69) is 36.1 Å². The maximum Gasteiger partial charge on any atom is 0.330 e. The quantitative estimate of drug-likeness (QED) is 0.522. The molecule has 0 aliphatic heterocycles. The highest BCUT2D eigenvalue weighted by atomic mass is 32.1. The average molecular weight is 290 g/mol. The van der Waals surface area contributed by atoms with Crippen LogP contribution < -0.4 is 10.6 Å². The van der Waals surface area contributed by atoms with Crippen molar-refractivity contribution in [3.8, 4) is 0 Å². The Morgan fingerprint density at radius 2 is 1.84 bits per heavy atom. The second-order valence-electron chi connectivity index (χ2n) is 6.48. The number of hydrogen-bond donors (Lipinski definition) is 3. The van der Waals surface area contributed by atoms with E-state index < -0.39 is 12.0 Å². The van der Waals surface area contributed by atoms with Crippen molar-refractivity contribution in [2.45, 2.75) is 52.6 Å². The van der Waals surface area contributed by atoms with Gasteiger partial charge in [0.2, 0.25) is 0 Å². The van der Waals surface area contributed by atoms with Gasteiger partial charge in [-0.25, -0.2) is 4.79 Å². The molecule has 0 heterocycles. The predicted molar refractivity (Wildman–Crippen MR) is 79.9 cm³/mol. The molecule has 0 radical (unpaired) electrons. The Kier molecular flexibility index (Phi) is 6.72. The Bertz CT molecular complexity index is 324. The van der Waals surface area contributed by atoms with Crippen molar-refractivity contribution in [2.75, 3.05) is 13.7 Å². The molecule has 0 spiro atoms. The second-order valence-corrected chi connectivity index (χ2v) is 6.89. The summed E-state index contributed by atoms with van der Waals surface area (Å²) in [6.45, 7) is 10.2. The molecule has 19 heavy (non-hydrogen) atoms. The number of carbonyl (C=O) groups excluding carboxylic acids is 1. The molecule has 0 fully saturated rings. The molecular formula is C13H26N2O3S. The van der Waals surface area contributed by atoms with Crippen molar-refractivity contribution < 1.29 is 14.6 Å². The number of aliphatic hydroxyl groups excluding tert-OH is 1. The van der Waals surface area contributed by atoms with Crippen molar-refractivity contribution in [2.24, 2.45) is 5.41 Å². The Hall–Kier alpha value is -0.880. The van der Waals surface area contributed by atoms with Crippen molar-refractivity contribution >= 4 is 23.3 Å². The van der Waals surface area contributed by atoms with Gasteiger partial charge in [0, 0.05) is 5.54 Å². The standard InChI is InChI=1S/C13H26N2O3S/c1-12(2,3)8-13(4,5)15-11(19)14-9(7-16)10(17)18-6/h9,16H,7-8H2,1-6H3,(H2,14,15,19). The van der Waals surface area contributed by atoms with Gasteiger partial charge in [-0.3, -0.25) is 0 Å². The third kappa shape index (κ3) is 8.00. The summed E-state index contributed by atoms with van der Waals surface area (Å²) in [4.78, 5) is 11.3. The monoisotopic (exact) mass is 290 g/mol. The maximum atomic E-state index is 11.3. The van der Waals surface area contributed by atoms with E-state index in [4.69, 9.17) is 17.3 Å². The molecule has 0 saturated heterocycles. The summed E-state index contributed by atoms with van der Waals surface area (Å²) in [5.41, 5.74) is -0.0523. The molecule has 0 aromatic rings. The van der Waals surface area contributed by atoms with Gasteiger partial charge in [0.15, 0.2) is 5.11 Å². The molecule has 1 unspecified atom stereocenters. The first kappa shape index (κ1) is 18.1. The molecule has 0 aromatic carbocycles. The van der Waals surface area contributed by atoms with Crippen LogP contribution in [0.5, 0.6) is 0 Å². The summed E-state index contributed by atoms with van der Waals surface area (Å²) < 4.78 is 4.57. The number of methoxy groups -OCH3 is 1. The van der Waals surface area contributed by atoms with Crippen molar-refractivity contribution in [1.82, 2.24) is 10.6 Å². The van der Waals surface area contributed by atoms with Crippen molar-refractivity contribution in [1.29, 1.82) is 0 Å². The first-order chi connectivity index (χ1) is 8.50. The highest BCUT2D eigenvalue weighted by Gasteiger charge is 2.27. The van der Waals surface area contributed by atoms with E-state index in [0.717, 1.165) is 6.42 Å². The minimum absolute atomic E-state index is 0.158. The van der Waals surface area contributed by atoms with Gasteiger partial charge in [-0.1, -0.05) is 20.8 Å². The van der Waals surface area contributed by atoms with Crippen molar-refractivity contribution in [3.63, 3.8) is 0 Å². The molecule has 0 saturated carbocycles. The maximum absolute atomic E-state index is 11.3. The number of nitrogens with one attached hydrogen (secondary N) is 2. The molecule has 3 N–H and O–H groups in total. The summed E-state index contributed by atoms with van der Waals surface area (Å²) in [6, 6.07) is -0.838. The lowest BCUT2D eigenvalue weighted by atomic mass is 9.82. The first-order valence-electron chi connectivity index (χ1n) is 6.28. The molecule has 6 heteroatoms. The second kappa shape index (κ2) is 7.05. The van der Waals surface area contributed by atoms with Gasteiger partial charge in [-0.05, 0) is 37.9 Å². The number of ether oxygens (including phenoxy) is 1. The van der Waals surface area contributed by atoms with Crippen LogP contribution in [0.25, 0.3) is 0 Å². The van der Waals surface area contributed by atoms with E-state index in [1.807, 2.05) is 13.8 Å². The van der Waals surface area contributed by atoms with Gasteiger partial charge >= 0.3 is 5.97 Å². The van der Waals surface area contributed by atoms with Crippen LogP contribution in [-0.4, -0.2) is 41.5 Å². The minimum Gasteiger partial charge on any atom is -0.467 e. The van der Waals surface area contributed by atoms with Gasteiger partial charge in [0.1, 0.15) is 6.04 Å². The Morgan fingerprint density at radius 1 is 1.32 bits per heavy atom. The molecular weight excluding hydrogens is 264 g/mol. The zero-order chi connectivity index (χ0) is 15.3. The highest BCUT2D eigenvalue weighted by molar-refractivity contribution is 7.80. The fraction of sp³-hybridized carbons (Fsp3) is 0.846. The van der Waals surface area contributed by atoms with E-state index in [1.165, 1.54) is 7.11 Å². The fourth-order valence-corrected chi connectivity index (χ4v) is 2.61. The lowest BCUT2D eigenvalue weighted by Crippen LogP contribution is -2.54. The number of thiocarbonyl (C=S) groups is 1. The molecule has 0 aliphatic carbocycles. The average Bonchev–Trinajstić information content (AvgIpc) is 2.20. The highest BCUT2D eigenvalue weighted by Crippen LogP contribution is 2.26. The number of hydrogen-bond acceptors (Lipinski definition) is 4. The third-order valence-corrected chi connectivity index (χ3v) is 2.62. The Morgan fingerprint density at radius 3 is 2.21 bits per heavy atom. The van der Waals surface area contributed by atoms with Gasteiger partial charge in [0.05, 0.1) is 13.7 Å². The lowest BCUT2D eigenvalue weighted by molar-refractivity contribution is -0.143. The predicted octanol–water partition coefficient (Wildman–Crippen LogP) is 1.20. The molecule has 112 valence electrons. The SMILES string of the molecule is COC(=O)C(CO)NC(=S)NC(C)(C)CC(C)(C)C. The fourth-order valence-electron chi connectivity index (χ4n) is 2.19. The molecule has 0 rings (SSSR count). The van der Waals surface area contributed by atoms with Gasteiger partial charge in [-0.2, -0.15) is 0 Å². The van der Waals surface area contributed by atoms with E-state index in [9.17, 15) is 4.79 Å². The van der Waals surface area contributed by atoms with Crippen LogP contribution >= 0.6 is 12.2 Å². The largest absolute Gasteiger partial charge is 0.467 e. The summed E-state index contributed by atoms with van der Waals surface area (Å²) in [5.74, 6) is -0.541. The summed E-state index contributed by atoms with van der Waals surface area (Å²) >= 11 is 5.16. The van der Waals surface area contributed by atoms with E-state index in [0.29, 0.717) is 5.11 Å². The summed E-state index contributed by atoms with van der Waals surface area (Å²) in [5, 5.41) is 15.4. The van der Waals surface area contributed by atoms with Crippen LogP contribution in [0.2, 0.25) is 0 Å². The van der Waals surface area contributed by atoms with Crippen LogP contribution in [0.3, 0.4) is 0 Å². The smallest absolute Gasteiger partial charge is 0.330 e. The van der Waals surface area contributed by atoms with E-state index in [1.54, 1.807) is 0 Å². The molecule has 0 bridgehead atoms. The molecule has 0 aliphatic rings. The van der Waals surface area contributed by atoms with E-state index in [-0.39, 0.29) is 17.6 Å². The number of carbonyl (C=O) groups is 1. The zero-order valence-electron chi connectivity index (χ0n) is 12.7. The number of esters is 1. The van der Waals surface area contributed by atoms with Gasteiger partial charge < -0.3 is 20.5 Å². The lowest BCUT2D eigenvalue weighted by Gasteiger charge is -2.34. The van der Waals surface area contributed by atoms with Gasteiger partial charge in [-0.15, -0.1) is 0 Å². The first-order valence-corrected chi connectivity index (χ1v) is 6.69.